The first kappa shape index (κ1) is 25.3. The standard InChI is InChI=1S/C24H25ClN4O7S/c1-2-13-11-24(13,22(31)28-37(34,35)15-6-7-15)27-20(30)19-10-14(12-29(19)23(32)33)36-21-17-4-3-5-18(25)16(17)8-9-26-21/h2-5,8-9,13-15,19H,1,6-7,10-12H2,(H,27,30)(H,28,31)(H,32,33). The second-order valence-electron chi connectivity index (χ2n) is 9.56. The van der Waals surface area contributed by atoms with Crippen molar-refractivity contribution < 1.29 is 32.6 Å². The van der Waals surface area contributed by atoms with E-state index in [1.807, 2.05) is 0 Å². The van der Waals surface area contributed by atoms with Crippen molar-refractivity contribution in [1.82, 2.24) is 19.9 Å². The quantitative estimate of drug-likeness (QED) is 0.423. The van der Waals surface area contributed by atoms with Gasteiger partial charge in [0.05, 0.1) is 11.8 Å². The highest BCUT2D eigenvalue weighted by atomic mass is 35.5. The van der Waals surface area contributed by atoms with Crippen LogP contribution in [0.1, 0.15) is 25.7 Å². The van der Waals surface area contributed by atoms with E-state index in [1.165, 1.54) is 12.3 Å². The number of carboxylic acid groups (broad SMARTS) is 1. The number of nitrogens with one attached hydrogen (secondary N) is 2. The van der Waals surface area contributed by atoms with E-state index < -0.39 is 56.8 Å². The summed E-state index contributed by atoms with van der Waals surface area (Å²) in [4.78, 5) is 43.4. The fraction of sp³-hybridized carbons (Fsp3) is 0.417. The highest BCUT2D eigenvalue weighted by molar-refractivity contribution is 7.91. The van der Waals surface area contributed by atoms with Crippen LogP contribution in [0.5, 0.6) is 5.88 Å². The largest absolute Gasteiger partial charge is 0.472 e. The van der Waals surface area contributed by atoms with Gasteiger partial charge in [-0.15, -0.1) is 6.58 Å². The second kappa shape index (κ2) is 9.18. The number of likely N-dealkylation sites (tertiary alicyclic amines) is 1. The molecule has 4 atom stereocenters. The number of sulfonamides is 1. The Morgan fingerprint density at radius 3 is 2.65 bits per heavy atom. The maximum Gasteiger partial charge on any atom is 0.408 e. The van der Waals surface area contributed by atoms with E-state index in [9.17, 15) is 27.9 Å². The summed E-state index contributed by atoms with van der Waals surface area (Å²) in [5.74, 6) is -1.79. The Balaban J connectivity index is 1.33. The molecule has 1 aromatic heterocycles. The monoisotopic (exact) mass is 548 g/mol. The molecule has 5 rings (SSSR count). The van der Waals surface area contributed by atoms with Crippen molar-refractivity contribution in [1.29, 1.82) is 0 Å². The van der Waals surface area contributed by atoms with Gasteiger partial charge in [0.25, 0.3) is 5.91 Å². The van der Waals surface area contributed by atoms with Gasteiger partial charge in [0.1, 0.15) is 17.7 Å². The lowest BCUT2D eigenvalue weighted by Gasteiger charge is -2.24. The first-order chi connectivity index (χ1) is 17.6. The van der Waals surface area contributed by atoms with Crippen LogP contribution in [0.15, 0.2) is 43.1 Å². The Morgan fingerprint density at radius 2 is 2.00 bits per heavy atom. The second-order valence-corrected chi connectivity index (χ2v) is 11.9. The molecule has 2 heterocycles. The summed E-state index contributed by atoms with van der Waals surface area (Å²) in [6.07, 6.45) is 2.09. The van der Waals surface area contributed by atoms with Crippen LogP contribution in [-0.4, -0.2) is 70.8 Å². The summed E-state index contributed by atoms with van der Waals surface area (Å²) in [6.45, 7) is 3.56. The molecule has 4 unspecified atom stereocenters. The molecule has 3 N–H and O–H groups in total. The Hall–Kier alpha value is -3.38. The van der Waals surface area contributed by atoms with Crippen LogP contribution in [0.3, 0.4) is 0 Å². The molecule has 37 heavy (non-hydrogen) atoms. The maximum atomic E-state index is 13.3. The van der Waals surface area contributed by atoms with Crippen LogP contribution in [0, 0.1) is 5.92 Å². The number of nitrogens with zero attached hydrogens (tertiary/aromatic N) is 2. The number of aromatic nitrogens is 1. The molecule has 3 aliphatic rings. The van der Waals surface area contributed by atoms with Gasteiger partial charge < -0.3 is 15.2 Å². The van der Waals surface area contributed by atoms with Crippen LogP contribution in [0.4, 0.5) is 4.79 Å². The van der Waals surface area contributed by atoms with E-state index >= 15 is 0 Å². The number of ether oxygens (including phenoxy) is 1. The number of fused-ring (bicyclic) bond motifs is 1. The van der Waals surface area contributed by atoms with Crippen LogP contribution in [-0.2, 0) is 19.6 Å². The zero-order valence-corrected chi connectivity index (χ0v) is 21.2. The third-order valence-electron chi connectivity index (χ3n) is 7.05. The predicted molar refractivity (Wildman–Crippen MR) is 134 cm³/mol. The molecule has 2 saturated carbocycles. The van der Waals surface area contributed by atoms with Gasteiger partial charge in [0, 0.05) is 34.3 Å². The Bertz CT molecular complexity index is 1410. The molecular formula is C24H25ClN4O7S. The number of carbonyl (C=O) groups is 3. The molecule has 0 radical (unpaired) electrons. The highest BCUT2D eigenvalue weighted by Crippen LogP contribution is 2.45. The fourth-order valence-corrected chi connectivity index (χ4v) is 6.36. The molecule has 1 saturated heterocycles. The number of benzene rings is 1. The molecule has 0 bridgehead atoms. The molecule has 2 aliphatic carbocycles. The number of halogens is 1. The van der Waals surface area contributed by atoms with Crippen LogP contribution in [0.2, 0.25) is 5.02 Å². The average molecular weight is 549 g/mol. The summed E-state index contributed by atoms with van der Waals surface area (Å²) in [7, 11) is -3.83. The zero-order chi connectivity index (χ0) is 26.5. The molecular weight excluding hydrogens is 524 g/mol. The number of pyridine rings is 1. The third kappa shape index (κ3) is 4.71. The highest BCUT2D eigenvalue weighted by Gasteiger charge is 2.61. The Kier molecular flexibility index (Phi) is 6.27. The van der Waals surface area contributed by atoms with Crippen molar-refractivity contribution in [2.75, 3.05) is 6.54 Å². The lowest BCUT2D eigenvalue weighted by atomic mass is 10.1. The molecule has 13 heteroatoms. The van der Waals surface area contributed by atoms with Gasteiger partial charge in [-0.05, 0) is 37.5 Å². The van der Waals surface area contributed by atoms with Gasteiger partial charge in [-0.1, -0.05) is 23.7 Å². The number of hydrogen-bond donors (Lipinski definition) is 3. The van der Waals surface area contributed by atoms with E-state index in [0.29, 0.717) is 23.3 Å². The van der Waals surface area contributed by atoms with Gasteiger partial charge in [-0.2, -0.15) is 0 Å². The van der Waals surface area contributed by atoms with Crippen LogP contribution < -0.4 is 14.8 Å². The van der Waals surface area contributed by atoms with E-state index in [2.05, 4.69) is 21.6 Å². The normalized spacial score (nSPS) is 26.9. The first-order valence-corrected chi connectivity index (χ1v) is 13.7. The van der Waals surface area contributed by atoms with Gasteiger partial charge in [-0.25, -0.2) is 18.2 Å². The fourth-order valence-electron chi connectivity index (χ4n) is 4.76. The SMILES string of the molecule is C=CC1CC1(NC(=O)C1CC(Oc2nccc3c(Cl)cccc23)CN1C(=O)O)C(=O)NS(=O)(=O)C1CC1. The molecule has 2 aromatic rings. The first-order valence-electron chi connectivity index (χ1n) is 11.8. The van der Waals surface area contributed by atoms with Crippen molar-refractivity contribution in [2.24, 2.45) is 5.92 Å². The van der Waals surface area contributed by atoms with Crippen molar-refractivity contribution in [3.8, 4) is 5.88 Å². The molecule has 0 spiro atoms. The van der Waals surface area contributed by atoms with Crippen molar-refractivity contribution in [2.45, 2.75) is 48.6 Å². The summed E-state index contributed by atoms with van der Waals surface area (Å²) >= 11 is 6.25. The summed E-state index contributed by atoms with van der Waals surface area (Å²) in [5, 5.41) is 13.6. The summed E-state index contributed by atoms with van der Waals surface area (Å²) in [5.41, 5.74) is -1.50. The average Bonchev–Trinajstić information content (AvgIpc) is 3.77. The topological polar surface area (TPSA) is 155 Å². The molecule has 11 nitrogen and oxygen atoms in total. The lowest BCUT2D eigenvalue weighted by Crippen LogP contribution is -2.56. The number of amides is 3. The predicted octanol–water partition coefficient (Wildman–Crippen LogP) is 2.06. The van der Waals surface area contributed by atoms with Gasteiger partial charge in [-0.3, -0.25) is 19.2 Å². The van der Waals surface area contributed by atoms with Crippen molar-refractivity contribution in [3.05, 3.63) is 48.1 Å². The van der Waals surface area contributed by atoms with E-state index in [4.69, 9.17) is 16.3 Å². The van der Waals surface area contributed by atoms with E-state index in [1.54, 1.807) is 24.3 Å². The molecule has 3 fully saturated rings. The number of carbonyl (C=O) groups excluding carboxylic acids is 2. The minimum atomic E-state index is -3.83. The van der Waals surface area contributed by atoms with Crippen molar-refractivity contribution in [3.63, 3.8) is 0 Å². The van der Waals surface area contributed by atoms with Gasteiger partial charge in [0.2, 0.25) is 21.8 Å². The minimum Gasteiger partial charge on any atom is -0.472 e. The number of rotatable bonds is 8. The smallest absolute Gasteiger partial charge is 0.408 e. The van der Waals surface area contributed by atoms with Crippen LogP contribution >= 0.6 is 11.6 Å². The third-order valence-corrected chi connectivity index (χ3v) is 9.20. The Morgan fingerprint density at radius 1 is 1.24 bits per heavy atom. The molecule has 1 aliphatic heterocycles. The summed E-state index contributed by atoms with van der Waals surface area (Å²) < 4.78 is 32.7. The minimum absolute atomic E-state index is 0.00753. The molecule has 1 aromatic carbocycles. The lowest BCUT2D eigenvalue weighted by molar-refractivity contribution is -0.131. The van der Waals surface area contributed by atoms with Crippen LogP contribution in [0.25, 0.3) is 10.8 Å². The van der Waals surface area contributed by atoms with E-state index in [0.717, 1.165) is 10.3 Å². The van der Waals surface area contributed by atoms with Crippen molar-refractivity contribution >= 4 is 50.3 Å². The van der Waals surface area contributed by atoms with Gasteiger partial charge in [0.15, 0.2) is 0 Å². The summed E-state index contributed by atoms with van der Waals surface area (Å²) in [6, 6.07) is 5.83. The molecule has 3 amide bonds. The maximum absolute atomic E-state index is 13.3. The molecule has 196 valence electrons. The Labute approximate surface area is 217 Å². The van der Waals surface area contributed by atoms with E-state index in [-0.39, 0.29) is 25.3 Å². The number of hydrogen-bond acceptors (Lipinski definition) is 7. The van der Waals surface area contributed by atoms with Gasteiger partial charge >= 0.3 is 6.09 Å². The zero-order valence-electron chi connectivity index (χ0n) is 19.6.